The number of hydrogen-bond acceptors (Lipinski definition) is 4. The number of nitrogens with one attached hydrogen (secondary N) is 1. The number of nitrogens with two attached hydrogens (primary N) is 1. The largest absolute Gasteiger partial charge is 0.399 e. The fourth-order valence-corrected chi connectivity index (χ4v) is 2.35. The van der Waals surface area contributed by atoms with Crippen molar-refractivity contribution in [1.29, 1.82) is 0 Å². The van der Waals surface area contributed by atoms with Crippen LogP contribution >= 0.6 is 11.3 Å². The molecule has 0 aliphatic heterocycles. The van der Waals surface area contributed by atoms with E-state index in [1.165, 1.54) is 10.4 Å². The van der Waals surface area contributed by atoms with Crippen LogP contribution in [0.1, 0.15) is 21.0 Å². The Balaban J connectivity index is 1.87. The van der Waals surface area contributed by atoms with Crippen LogP contribution in [0.2, 0.25) is 0 Å². The molecule has 0 saturated heterocycles. The molecule has 90 valence electrons. The van der Waals surface area contributed by atoms with Crippen molar-refractivity contribution in [1.82, 2.24) is 10.3 Å². The van der Waals surface area contributed by atoms with Gasteiger partial charge in [-0.1, -0.05) is 12.1 Å². The van der Waals surface area contributed by atoms with E-state index in [1.807, 2.05) is 19.2 Å². The number of hydrogen-bond donors (Lipinski definition) is 2. The lowest BCUT2D eigenvalue weighted by Crippen LogP contribution is -2.12. The number of aryl methyl sites for hydroxylation is 2. The van der Waals surface area contributed by atoms with Crippen LogP contribution in [-0.2, 0) is 13.1 Å². The summed E-state index contributed by atoms with van der Waals surface area (Å²) in [7, 11) is 0. The van der Waals surface area contributed by atoms with Crippen molar-refractivity contribution in [3.63, 3.8) is 0 Å². The smallest absolute Gasteiger partial charge is 0.107 e. The molecule has 0 radical (unpaired) electrons. The van der Waals surface area contributed by atoms with Crippen molar-refractivity contribution in [3.8, 4) is 0 Å². The van der Waals surface area contributed by atoms with Gasteiger partial charge in [0.05, 0.1) is 0 Å². The maximum Gasteiger partial charge on any atom is 0.107 e. The number of thiazole rings is 1. The standard InChI is InChI=1S/C13H17N3S/c1-9-3-4-11(5-12(9)14)7-15-8-13-16-6-10(2)17-13/h3-6,15H,7-8,14H2,1-2H3. The predicted molar refractivity (Wildman–Crippen MR) is 73.0 cm³/mol. The summed E-state index contributed by atoms with van der Waals surface area (Å²) >= 11 is 1.73. The highest BCUT2D eigenvalue weighted by Gasteiger charge is 1.99. The molecule has 0 saturated carbocycles. The van der Waals surface area contributed by atoms with Gasteiger partial charge in [-0.15, -0.1) is 11.3 Å². The topological polar surface area (TPSA) is 50.9 Å². The Hall–Kier alpha value is -1.39. The maximum absolute atomic E-state index is 5.87. The molecule has 0 spiro atoms. The molecular formula is C13H17N3S. The number of benzene rings is 1. The van der Waals surface area contributed by atoms with Crippen molar-refractivity contribution >= 4 is 17.0 Å². The molecule has 2 rings (SSSR count). The second-order valence-corrected chi connectivity index (χ2v) is 5.48. The molecule has 3 N–H and O–H groups in total. The van der Waals surface area contributed by atoms with Crippen molar-refractivity contribution in [2.45, 2.75) is 26.9 Å². The van der Waals surface area contributed by atoms with E-state index < -0.39 is 0 Å². The Kier molecular flexibility index (Phi) is 3.76. The molecule has 1 aromatic heterocycles. The predicted octanol–water partition coefficient (Wildman–Crippen LogP) is 2.63. The monoisotopic (exact) mass is 247 g/mol. The second kappa shape index (κ2) is 5.29. The fourth-order valence-electron chi connectivity index (χ4n) is 1.60. The molecule has 0 fully saturated rings. The van der Waals surface area contributed by atoms with E-state index in [-0.39, 0.29) is 0 Å². The first kappa shape index (κ1) is 12.1. The normalized spacial score (nSPS) is 10.7. The quantitative estimate of drug-likeness (QED) is 0.817. The van der Waals surface area contributed by atoms with Gasteiger partial charge in [-0.25, -0.2) is 4.98 Å². The van der Waals surface area contributed by atoms with Crippen molar-refractivity contribution in [2.75, 3.05) is 5.73 Å². The first-order valence-electron chi connectivity index (χ1n) is 5.62. The SMILES string of the molecule is Cc1cnc(CNCc2ccc(C)c(N)c2)s1. The highest BCUT2D eigenvalue weighted by Crippen LogP contribution is 2.13. The third kappa shape index (κ3) is 3.28. The minimum absolute atomic E-state index is 0.812. The van der Waals surface area contributed by atoms with E-state index >= 15 is 0 Å². The van der Waals surface area contributed by atoms with E-state index in [9.17, 15) is 0 Å². The van der Waals surface area contributed by atoms with Gasteiger partial charge in [-0.2, -0.15) is 0 Å². The summed E-state index contributed by atoms with van der Waals surface area (Å²) < 4.78 is 0. The molecule has 1 aromatic carbocycles. The number of aromatic nitrogens is 1. The third-order valence-corrected chi connectivity index (χ3v) is 3.53. The second-order valence-electron chi connectivity index (χ2n) is 4.16. The molecule has 0 aliphatic carbocycles. The molecular weight excluding hydrogens is 230 g/mol. The number of rotatable bonds is 4. The lowest BCUT2D eigenvalue weighted by atomic mass is 10.1. The van der Waals surface area contributed by atoms with Gasteiger partial charge in [0, 0.05) is 29.9 Å². The molecule has 0 atom stereocenters. The summed E-state index contributed by atoms with van der Waals surface area (Å²) in [6, 6.07) is 6.18. The number of anilines is 1. The van der Waals surface area contributed by atoms with E-state index in [0.717, 1.165) is 29.3 Å². The number of nitrogen functional groups attached to an aromatic ring is 1. The first-order valence-corrected chi connectivity index (χ1v) is 6.44. The first-order chi connectivity index (χ1) is 8.15. The molecule has 3 nitrogen and oxygen atoms in total. The highest BCUT2D eigenvalue weighted by molar-refractivity contribution is 7.11. The molecule has 4 heteroatoms. The van der Waals surface area contributed by atoms with Crippen molar-refractivity contribution < 1.29 is 0 Å². The van der Waals surface area contributed by atoms with Gasteiger partial charge in [0.1, 0.15) is 5.01 Å². The van der Waals surface area contributed by atoms with Crippen LogP contribution in [0.15, 0.2) is 24.4 Å². The van der Waals surface area contributed by atoms with Gasteiger partial charge < -0.3 is 11.1 Å². The minimum atomic E-state index is 0.812. The van der Waals surface area contributed by atoms with E-state index in [4.69, 9.17) is 5.73 Å². The molecule has 0 unspecified atom stereocenters. The van der Waals surface area contributed by atoms with Crippen LogP contribution in [0, 0.1) is 13.8 Å². The summed E-state index contributed by atoms with van der Waals surface area (Å²) in [6.07, 6.45) is 1.91. The lowest BCUT2D eigenvalue weighted by Gasteiger charge is -2.05. The molecule has 2 aromatic rings. The Morgan fingerprint density at radius 1 is 1.29 bits per heavy atom. The summed E-state index contributed by atoms with van der Waals surface area (Å²) in [6.45, 7) is 5.72. The lowest BCUT2D eigenvalue weighted by molar-refractivity contribution is 0.690. The van der Waals surface area contributed by atoms with E-state index in [1.54, 1.807) is 11.3 Å². The van der Waals surface area contributed by atoms with Gasteiger partial charge in [-0.05, 0) is 31.0 Å². The van der Waals surface area contributed by atoms with Crippen LogP contribution in [0.4, 0.5) is 5.69 Å². The van der Waals surface area contributed by atoms with Crippen LogP contribution in [-0.4, -0.2) is 4.98 Å². The van der Waals surface area contributed by atoms with Crippen molar-refractivity contribution in [2.24, 2.45) is 0 Å². The molecule has 0 aliphatic rings. The van der Waals surface area contributed by atoms with Gasteiger partial charge in [0.15, 0.2) is 0 Å². The van der Waals surface area contributed by atoms with Crippen molar-refractivity contribution in [3.05, 3.63) is 45.4 Å². The molecule has 0 amide bonds. The maximum atomic E-state index is 5.87. The third-order valence-electron chi connectivity index (χ3n) is 2.62. The van der Waals surface area contributed by atoms with E-state index in [0.29, 0.717) is 0 Å². The summed E-state index contributed by atoms with van der Waals surface area (Å²) in [4.78, 5) is 5.56. The Morgan fingerprint density at radius 3 is 2.76 bits per heavy atom. The van der Waals surface area contributed by atoms with Crippen LogP contribution in [0.3, 0.4) is 0 Å². The van der Waals surface area contributed by atoms with E-state index in [2.05, 4.69) is 29.4 Å². The Morgan fingerprint density at radius 2 is 2.12 bits per heavy atom. The summed E-state index contributed by atoms with van der Waals surface area (Å²) in [5.74, 6) is 0. The summed E-state index contributed by atoms with van der Waals surface area (Å²) in [5, 5.41) is 4.50. The molecule has 1 heterocycles. The number of nitrogens with zero attached hydrogens (tertiary/aromatic N) is 1. The minimum Gasteiger partial charge on any atom is -0.399 e. The van der Waals surface area contributed by atoms with Crippen LogP contribution in [0.25, 0.3) is 0 Å². The average Bonchev–Trinajstić information content (AvgIpc) is 2.70. The van der Waals surface area contributed by atoms with Gasteiger partial charge in [0.25, 0.3) is 0 Å². The Labute approximate surface area is 106 Å². The Bertz CT molecular complexity index is 505. The zero-order chi connectivity index (χ0) is 12.3. The fraction of sp³-hybridized carbons (Fsp3) is 0.308. The van der Waals surface area contributed by atoms with Crippen LogP contribution < -0.4 is 11.1 Å². The zero-order valence-corrected chi connectivity index (χ0v) is 11.0. The average molecular weight is 247 g/mol. The molecule has 17 heavy (non-hydrogen) atoms. The van der Waals surface area contributed by atoms with Gasteiger partial charge in [-0.3, -0.25) is 0 Å². The molecule has 0 bridgehead atoms. The highest BCUT2D eigenvalue weighted by atomic mass is 32.1. The van der Waals surface area contributed by atoms with Gasteiger partial charge in [0.2, 0.25) is 0 Å². The van der Waals surface area contributed by atoms with Crippen LogP contribution in [0.5, 0.6) is 0 Å². The summed E-state index contributed by atoms with van der Waals surface area (Å²) in [5.41, 5.74) is 9.06. The zero-order valence-electron chi connectivity index (χ0n) is 10.2. The van der Waals surface area contributed by atoms with Gasteiger partial charge >= 0.3 is 0 Å².